The van der Waals surface area contributed by atoms with Crippen LogP contribution in [0.25, 0.3) is 0 Å². The van der Waals surface area contributed by atoms with E-state index in [0.29, 0.717) is 19.6 Å². The molecule has 14 heavy (non-hydrogen) atoms. The number of carbonyl (C=O) groups is 1. The van der Waals surface area contributed by atoms with E-state index in [-0.39, 0.29) is 19.0 Å². The highest BCUT2D eigenvalue weighted by Crippen LogP contribution is 2.12. The molecular weight excluding hydrogens is 184 g/mol. The maximum Gasteiger partial charge on any atom is 0.305 e. The summed E-state index contributed by atoms with van der Waals surface area (Å²) in [4.78, 5) is 11.0. The van der Waals surface area contributed by atoms with Crippen LogP contribution in [0.1, 0.15) is 33.6 Å². The smallest absolute Gasteiger partial charge is 0.305 e. The number of hydrogen-bond donors (Lipinski definition) is 1. The highest BCUT2D eigenvalue weighted by molar-refractivity contribution is 5.69. The number of ether oxygens (including phenoxy) is 2. The second-order valence-corrected chi connectivity index (χ2v) is 3.44. The number of esters is 1. The van der Waals surface area contributed by atoms with Gasteiger partial charge in [-0.2, -0.15) is 0 Å². The van der Waals surface area contributed by atoms with Crippen LogP contribution in [0.4, 0.5) is 0 Å². The largest absolute Gasteiger partial charge is 0.466 e. The van der Waals surface area contributed by atoms with Gasteiger partial charge in [0.05, 0.1) is 18.8 Å². The highest BCUT2D eigenvalue weighted by atomic mass is 16.5. The lowest BCUT2D eigenvalue weighted by atomic mass is 10.0. The Morgan fingerprint density at radius 1 is 1.36 bits per heavy atom. The molecule has 0 saturated carbocycles. The maximum atomic E-state index is 11.0. The molecule has 1 unspecified atom stereocenters. The minimum atomic E-state index is -0.942. The Kier molecular flexibility index (Phi) is 6.49. The zero-order valence-electron chi connectivity index (χ0n) is 9.21. The molecule has 0 amide bonds. The summed E-state index contributed by atoms with van der Waals surface area (Å²) in [5, 5.41) is 9.73. The Labute approximate surface area is 85.2 Å². The van der Waals surface area contributed by atoms with Crippen molar-refractivity contribution in [2.75, 3.05) is 19.8 Å². The normalized spacial score (nSPS) is 14.9. The summed E-state index contributed by atoms with van der Waals surface area (Å²) in [7, 11) is 0. The highest BCUT2D eigenvalue weighted by Gasteiger charge is 2.21. The van der Waals surface area contributed by atoms with Crippen LogP contribution < -0.4 is 0 Å². The molecule has 0 rings (SSSR count). The molecule has 0 aliphatic carbocycles. The van der Waals surface area contributed by atoms with Crippen molar-refractivity contribution in [3.8, 4) is 0 Å². The molecule has 0 aliphatic rings. The van der Waals surface area contributed by atoms with Crippen LogP contribution in [0, 0.1) is 0 Å². The van der Waals surface area contributed by atoms with Crippen LogP contribution in [-0.4, -0.2) is 36.5 Å². The zero-order valence-corrected chi connectivity index (χ0v) is 9.21. The molecule has 0 aliphatic heterocycles. The van der Waals surface area contributed by atoms with Gasteiger partial charge in [0.2, 0.25) is 0 Å². The van der Waals surface area contributed by atoms with Crippen molar-refractivity contribution in [1.29, 1.82) is 0 Å². The first-order valence-electron chi connectivity index (χ1n) is 4.97. The predicted molar refractivity (Wildman–Crippen MR) is 53.0 cm³/mol. The summed E-state index contributed by atoms with van der Waals surface area (Å²) in [5.74, 6) is -0.274. The first-order valence-corrected chi connectivity index (χ1v) is 4.97. The van der Waals surface area contributed by atoms with Gasteiger partial charge in [0, 0.05) is 13.0 Å². The molecule has 0 fully saturated rings. The third-order valence-electron chi connectivity index (χ3n) is 1.79. The second kappa shape index (κ2) is 6.79. The first kappa shape index (κ1) is 13.4. The summed E-state index contributed by atoms with van der Waals surface area (Å²) in [5.41, 5.74) is -0.942. The van der Waals surface area contributed by atoms with E-state index in [1.165, 1.54) is 0 Å². The van der Waals surface area contributed by atoms with E-state index in [4.69, 9.17) is 9.47 Å². The maximum absolute atomic E-state index is 11.0. The molecule has 4 nitrogen and oxygen atoms in total. The molecule has 0 heterocycles. The lowest BCUT2D eigenvalue weighted by Gasteiger charge is -2.22. The first-order chi connectivity index (χ1) is 6.52. The van der Waals surface area contributed by atoms with Crippen molar-refractivity contribution >= 4 is 5.97 Å². The quantitative estimate of drug-likeness (QED) is 0.631. The fourth-order valence-corrected chi connectivity index (χ4v) is 0.999. The van der Waals surface area contributed by atoms with Crippen molar-refractivity contribution in [2.24, 2.45) is 0 Å². The Morgan fingerprint density at radius 3 is 2.50 bits per heavy atom. The molecule has 0 aromatic carbocycles. The summed E-state index contributed by atoms with van der Waals surface area (Å²) in [6.07, 6.45) is 0.597. The van der Waals surface area contributed by atoms with Crippen LogP contribution >= 0.6 is 0 Å². The summed E-state index contributed by atoms with van der Waals surface area (Å²) >= 11 is 0. The van der Waals surface area contributed by atoms with E-state index in [1.807, 2.05) is 6.92 Å². The summed E-state index contributed by atoms with van der Waals surface area (Å²) < 4.78 is 9.84. The van der Waals surface area contributed by atoms with Crippen LogP contribution in [0.5, 0.6) is 0 Å². The number of hydrogen-bond acceptors (Lipinski definition) is 4. The fourth-order valence-electron chi connectivity index (χ4n) is 0.999. The molecule has 1 atom stereocenters. The molecule has 0 saturated heterocycles. The monoisotopic (exact) mass is 204 g/mol. The zero-order chi connectivity index (χ0) is 11.0. The Balaban J connectivity index is 3.68. The fraction of sp³-hybridized carbons (Fsp3) is 0.900. The molecule has 0 aromatic heterocycles. The van der Waals surface area contributed by atoms with Crippen molar-refractivity contribution in [1.82, 2.24) is 0 Å². The van der Waals surface area contributed by atoms with Crippen LogP contribution in [0.2, 0.25) is 0 Å². The summed E-state index contributed by atoms with van der Waals surface area (Å²) in [6.45, 7) is 6.48. The van der Waals surface area contributed by atoms with Gasteiger partial charge in [-0.25, -0.2) is 0 Å². The van der Waals surface area contributed by atoms with Crippen LogP contribution in [0.3, 0.4) is 0 Å². The Hall–Kier alpha value is -0.610. The number of rotatable bonds is 7. The molecule has 0 aromatic rings. The molecular formula is C10H20O4. The molecule has 84 valence electrons. The van der Waals surface area contributed by atoms with Gasteiger partial charge < -0.3 is 14.6 Å². The van der Waals surface area contributed by atoms with E-state index in [2.05, 4.69) is 0 Å². The van der Waals surface area contributed by atoms with Gasteiger partial charge >= 0.3 is 5.97 Å². The van der Waals surface area contributed by atoms with Crippen molar-refractivity contribution in [2.45, 2.75) is 39.2 Å². The molecule has 1 N–H and O–H groups in total. The minimum absolute atomic E-state index is 0.230. The van der Waals surface area contributed by atoms with Crippen molar-refractivity contribution in [3.63, 3.8) is 0 Å². The Bertz CT molecular complexity index is 166. The topological polar surface area (TPSA) is 55.8 Å². The van der Waals surface area contributed by atoms with Gasteiger partial charge in [0.25, 0.3) is 0 Å². The van der Waals surface area contributed by atoms with Crippen LogP contribution in [-0.2, 0) is 14.3 Å². The van der Waals surface area contributed by atoms with E-state index in [0.717, 1.165) is 0 Å². The lowest BCUT2D eigenvalue weighted by molar-refractivity contribution is -0.145. The number of aliphatic hydroxyl groups is 1. The molecule has 4 heteroatoms. The van der Waals surface area contributed by atoms with E-state index < -0.39 is 5.60 Å². The van der Waals surface area contributed by atoms with Gasteiger partial charge in [-0.15, -0.1) is 0 Å². The van der Waals surface area contributed by atoms with E-state index in [9.17, 15) is 9.90 Å². The Morgan fingerprint density at radius 2 is 2.00 bits per heavy atom. The van der Waals surface area contributed by atoms with Gasteiger partial charge in [0.15, 0.2) is 0 Å². The number of carbonyl (C=O) groups excluding carboxylic acids is 1. The molecule has 0 radical (unpaired) electrons. The van der Waals surface area contributed by atoms with E-state index in [1.54, 1.807) is 13.8 Å². The minimum Gasteiger partial charge on any atom is -0.466 e. The molecule has 0 spiro atoms. The van der Waals surface area contributed by atoms with Gasteiger partial charge in [-0.05, 0) is 27.2 Å². The van der Waals surface area contributed by atoms with E-state index >= 15 is 0 Å². The second-order valence-electron chi connectivity index (χ2n) is 3.44. The third-order valence-corrected chi connectivity index (χ3v) is 1.79. The predicted octanol–water partition coefficient (Wildman–Crippen LogP) is 1.12. The van der Waals surface area contributed by atoms with Crippen molar-refractivity contribution < 1.29 is 19.4 Å². The average molecular weight is 204 g/mol. The standard InChI is InChI=1S/C10H20O4/c1-4-13-8-10(3,12)7-6-9(11)14-5-2/h12H,4-8H2,1-3H3. The van der Waals surface area contributed by atoms with Crippen LogP contribution in [0.15, 0.2) is 0 Å². The lowest BCUT2D eigenvalue weighted by Crippen LogP contribution is -2.31. The van der Waals surface area contributed by atoms with Gasteiger partial charge in [-0.1, -0.05) is 0 Å². The summed E-state index contributed by atoms with van der Waals surface area (Å²) in [6, 6.07) is 0. The average Bonchev–Trinajstić information content (AvgIpc) is 2.13. The van der Waals surface area contributed by atoms with Gasteiger partial charge in [-0.3, -0.25) is 4.79 Å². The molecule has 0 bridgehead atoms. The SMILES string of the molecule is CCOCC(C)(O)CCC(=O)OCC. The van der Waals surface area contributed by atoms with Crippen molar-refractivity contribution in [3.05, 3.63) is 0 Å². The van der Waals surface area contributed by atoms with Gasteiger partial charge in [0.1, 0.15) is 0 Å². The third kappa shape index (κ3) is 6.86.